The molecule has 0 saturated heterocycles. The summed E-state index contributed by atoms with van der Waals surface area (Å²) in [6.07, 6.45) is 0.997. The molecule has 0 aliphatic heterocycles. The highest BCUT2D eigenvalue weighted by atomic mass is 16.4. The molecule has 0 spiro atoms. The van der Waals surface area contributed by atoms with Gasteiger partial charge >= 0.3 is 7.12 Å². The summed E-state index contributed by atoms with van der Waals surface area (Å²) >= 11 is 0. The first-order valence-corrected chi connectivity index (χ1v) is 10.8. The molecule has 8 heteroatoms. The van der Waals surface area contributed by atoms with Crippen LogP contribution < -0.4 is 16.4 Å². The largest absolute Gasteiger partial charge is 0.475 e. The second kappa shape index (κ2) is 11.3. The van der Waals surface area contributed by atoms with Gasteiger partial charge in [-0.05, 0) is 34.6 Å². The highest BCUT2D eigenvalue weighted by molar-refractivity contribution is 6.43. The average molecular weight is 427 g/mol. The quantitative estimate of drug-likeness (QED) is 0.367. The summed E-state index contributed by atoms with van der Waals surface area (Å²) in [4.78, 5) is 25.7. The Hall–Kier alpha value is -2.42. The number of carbonyl (C=O) groups is 2. The second-order valence-corrected chi connectivity index (χ2v) is 8.51. The van der Waals surface area contributed by atoms with Crippen molar-refractivity contribution in [3.05, 3.63) is 48.0 Å². The lowest BCUT2D eigenvalue weighted by atomic mass is 9.72. The summed E-state index contributed by atoms with van der Waals surface area (Å²) in [6.45, 7) is 7.34. The Morgan fingerprint density at radius 1 is 1.00 bits per heavy atom. The average Bonchev–Trinajstić information content (AvgIpc) is 2.74. The van der Waals surface area contributed by atoms with E-state index >= 15 is 0 Å². The number of hydrogen-bond acceptors (Lipinski definition) is 5. The van der Waals surface area contributed by atoms with Gasteiger partial charge in [0.15, 0.2) is 0 Å². The molecule has 4 atom stereocenters. The van der Waals surface area contributed by atoms with Crippen LogP contribution in [0.1, 0.15) is 39.7 Å². The third-order valence-electron chi connectivity index (χ3n) is 5.80. The number of amides is 2. The van der Waals surface area contributed by atoms with Crippen molar-refractivity contribution in [3.63, 3.8) is 0 Å². The maximum absolute atomic E-state index is 12.9. The van der Waals surface area contributed by atoms with Gasteiger partial charge in [-0.1, -0.05) is 76.6 Å². The van der Waals surface area contributed by atoms with Crippen LogP contribution >= 0.6 is 0 Å². The van der Waals surface area contributed by atoms with E-state index in [1.54, 1.807) is 13.8 Å². The SMILES string of the molecule is CCC(C)[C@H](NC(=O)[C@H](N)Cc1cccc2ccccc12)C(=O)N[C@H](B(O)O)C(C)C. The molecular formula is C23H34BN3O4. The summed E-state index contributed by atoms with van der Waals surface area (Å²) in [5, 5.41) is 26.7. The van der Waals surface area contributed by atoms with Crippen molar-refractivity contribution in [2.24, 2.45) is 17.6 Å². The molecule has 2 aromatic carbocycles. The molecule has 0 heterocycles. The first-order chi connectivity index (χ1) is 14.6. The molecule has 0 aliphatic carbocycles. The monoisotopic (exact) mass is 427 g/mol. The zero-order chi connectivity index (χ0) is 23.1. The van der Waals surface area contributed by atoms with Crippen LogP contribution in [-0.2, 0) is 16.0 Å². The zero-order valence-electron chi connectivity index (χ0n) is 18.7. The topological polar surface area (TPSA) is 125 Å². The van der Waals surface area contributed by atoms with Gasteiger partial charge in [-0.25, -0.2) is 0 Å². The van der Waals surface area contributed by atoms with Gasteiger partial charge in [0.05, 0.1) is 12.0 Å². The minimum Gasteiger partial charge on any atom is -0.426 e. The summed E-state index contributed by atoms with van der Waals surface area (Å²) < 4.78 is 0. The Labute approximate surface area is 184 Å². The van der Waals surface area contributed by atoms with E-state index in [0.717, 1.165) is 16.3 Å². The second-order valence-electron chi connectivity index (χ2n) is 8.51. The van der Waals surface area contributed by atoms with E-state index in [2.05, 4.69) is 10.6 Å². The highest BCUT2D eigenvalue weighted by Gasteiger charge is 2.33. The van der Waals surface area contributed by atoms with Gasteiger partial charge in [-0.3, -0.25) is 9.59 Å². The van der Waals surface area contributed by atoms with Crippen molar-refractivity contribution in [2.45, 2.75) is 58.6 Å². The fourth-order valence-electron chi connectivity index (χ4n) is 3.60. The van der Waals surface area contributed by atoms with Crippen LogP contribution in [0.2, 0.25) is 0 Å². The normalized spacial score (nSPS) is 15.2. The van der Waals surface area contributed by atoms with Crippen molar-refractivity contribution >= 4 is 29.7 Å². The van der Waals surface area contributed by atoms with E-state index in [1.165, 1.54) is 0 Å². The Kier molecular flexibility index (Phi) is 9.04. The Morgan fingerprint density at radius 3 is 2.26 bits per heavy atom. The molecule has 0 radical (unpaired) electrons. The molecule has 0 aromatic heterocycles. The number of rotatable bonds is 10. The van der Waals surface area contributed by atoms with Gasteiger partial charge in [0, 0.05) is 0 Å². The molecule has 7 nitrogen and oxygen atoms in total. The Balaban J connectivity index is 2.13. The van der Waals surface area contributed by atoms with E-state index in [9.17, 15) is 19.6 Å². The Bertz CT molecular complexity index is 877. The first kappa shape index (κ1) is 24.9. The summed E-state index contributed by atoms with van der Waals surface area (Å²) in [5.41, 5.74) is 7.17. The summed E-state index contributed by atoms with van der Waals surface area (Å²) in [7, 11) is -1.69. The van der Waals surface area contributed by atoms with E-state index in [4.69, 9.17) is 5.73 Å². The van der Waals surface area contributed by atoms with Crippen LogP contribution in [0.15, 0.2) is 42.5 Å². The van der Waals surface area contributed by atoms with Crippen molar-refractivity contribution < 1.29 is 19.6 Å². The predicted octanol–water partition coefficient (Wildman–Crippen LogP) is 1.39. The third-order valence-corrected chi connectivity index (χ3v) is 5.80. The predicted molar refractivity (Wildman–Crippen MR) is 124 cm³/mol. The number of carbonyl (C=O) groups excluding carboxylic acids is 2. The molecule has 2 rings (SSSR count). The minimum atomic E-state index is -1.69. The number of hydrogen-bond donors (Lipinski definition) is 5. The fraction of sp³-hybridized carbons (Fsp3) is 0.478. The van der Waals surface area contributed by atoms with E-state index in [0.29, 0.717) is 12.8 Å². The van der Waals surface area contributed by atoms with Crippen molar-refractivity contribution in [3.8, 4) is 0 Å². The molecule has 31 heavy (non-hydrogen) atoms. The van der Waals surface area contributed by atoms with Crippen molar-refractivity contribution in [1.82, 2.24) is 10.6 Å². The van der Waals surface area contributed by atoms with Gasteiger partial charge < -0.3 is 26.4 Å². The molecule has 0 aliphatic rings. The van der Waals surface area contributed by atoms with E-state index < -0.39 is 37.0 Å². The van der Waals surface area contributed by atoms with Gasteiger partial charge in [0.2, 0.25) is 11.8 Å². The molecule has 0 bridgehead atoms. The lowest BCUT2D eigenvalue weighted by molar-refractivity contribution is -0.131. The molecule has 1 unspecified atom stereocenters. The van der Waals surface area contributed by atoms with Crippen LogP contribution in [-0.4, -0.2) is 47.0 Å². The lowest BCUT2D eigenvalue weighted by Gasteiger charge is -2.28. The van der Waals surface area contributed by atoms with Crippen molar-refractivity contribution in [1.29, 1.82) is 0 Å². The maximum Gasteiger partial charge on any atom is 0.475 e. The molecule has 0 fully saturated rings. The van der Waals surface area contributed by atoms with Crippen LogP contribution in [0.4, 0.5) is 0 Å². The standard InChI is InChI=1S/C23H34BN3O4/c1-5-15(4)20(23(29)27-21(14(2)3)24(30)31)26-22(28)19(25)13-17-11-8-10-16-9-6-7-12-18(16)17/h6-12,14-15,19-21,30-31H,5,13,25H2,1-4H3,(H,26,28)(H,27,29)/t15?,19-,20+,21+/m1/s1. The molecule has 2 aromatic rings. The van der Waals surface area contributed by atoms with Gasteiger partial charge in [0.1, 0.15) is 6.04 Å². The minimum absolute atomic E-state index is 0.155. The van der Waals surface area contributed by atoms with Crippen LogP contribution in [0.3, 0.4) is 0 Å². The molecule has 0 saturated carbocycles. The van der Waals surface area contributed by atoms with Crippen LogP contribution in [0.25, 0.3) is 10.8 Å². The smallest absolute Gasteiger partial charge is 0.426 e. The van der Waals surface area contributed by atoms with Crippen molar-refractivity contribution in [2.75, 3.05) is 0 Å². The van der Waals surface area contributed by atoms with E-state index in [-0.39, 0.29) is 11.8 Å². The molecule has 2 amide bonds. The van der Waals surface area contributed by atoms with Crippen LogP contribution in [0, 0.1) is 11.8 Å². The number of nitrogens with two attached hydrogens (primary N) is 1. The van der Waals surface area contributed by atoms with Gasteiger partial charge in [-0.15, -0.1) is 0 Å². The Morgan fingerprint density at radius 2 is 1.65 bits per heavy atom. The highest BCUT2D eigenvalue weighted by Crippen LogP contribution is 2.20. The van der Waals surface area contributed by atoms with Gasteiger partial charge in [-0.2, -0.15) is 0 Å². The molecular weight excluding hydrogens is 393 g/mol. The van der Waals surface area contributed by atoms with Gasteiger partial charge in [0.25, 0.3) is 0 Å². The molecule has 6 N–H and O–H groups in total. The van der Waals surface area contributed by atoms with E-state index in [1.807, 2.05) is 56.3 Å². The number of nitrogens with one attached hydrogen (secondary N) is 2. The third kappa shape index (κ3) is 6.53. The fourth-order valence-corrected chi connectivity index (χ4v) is 3.60. The first-order valence-electron chi connectivity index (χ1n) is 10.8. The maximum atomic E-state index is 12.9. The zero-order valence-corrected chi connectivity index (χ0v) is 18.7. The number of benzene rings is 2. The number of fused-ring (bicyclic) bond motifs is 1. The molecule has 168 valence electrons. The summed E-state index contributed by atoms with van der Waals surface area (Å²) in [5.74, 6) is -2.05. The lowest BCUT2D eigenvalue weighted by Crippen LogP contribution is -2.59. The van der Waals surface area contributed by atoms with Crippen LogP contribution in [0.5, 0.6) is 0 Å². The summed E-state index contributed by atoms with van der Waals surface area (Å²) in [6, 6.07) is 12.2.